The molecule has 4 unspecified atom stereocenters. The van der Waals surface area contributed by atoms with Gasteiger partial charge in [0, 0.05) is 31.3 Å². The largest absolute Gasteiger partial charge is 0.493 e. The average molecular weight is 527 g/mol. The molecule has 0 aromatic heterocycles. The Morgan fingerprint density at radius 2 is 1.87 bits per heavy atom. The number of ether oxygens (including phenoxy) is 3. The Hall–Kier alpha value is -3.44. The van der Waals surface area contributed by atoms with E-state index in [0.717, 1.165) is 5.56 Å². The second-order valence-corrected chi connectivity index (χ2v) is 9.26. The Balaban J connectivity index is 1.76. The highest BCUT2D eigenvalue weighted by Gasteiger charge is 2.51. The van der Waals surface area contributed by atoms with E-state index >= 15 is 0 Å². The number of carbonyl (C=O) groups excluding carboxylic acids is 2. The summed E-state index contributed by atoms with van der Waals surface area (Å²) in [7, 11) is 3.00. The van der Waals surface area contributed by atoms with Gasteiger partial charge in [0.2, 0.25) is 11.8 Å². The van der Waals surface area contributed by atoms with E-state index in [9.17, 15) is 24.9 Å². The zero-order valence-corrected chi connectivity index (χ0v) is 21.5. The van der Waals surface area contributed by atoms with E-state index in [-0.39, 0.29) is 45.2 Å². The summed E-state index contributed by atoms with van der Waals surface area (Å²) in [4.78, 5) is 28.4. The van der Waals surface area contributed by atoms with Crippen LogP contribution in [0.4, 0.5) is 0 Å². The molecule has 10 heteroatoms. The molecule has 2 aromatic carbocycles. The first-order valence-electron chi connectivity index (χ1n) is 12.5. The monoisotopic (exact) mass is 526 g/mol. The van der Waals surface area contributed by atoms with Crippen LogP contribution >= 0.6 is 0 Å². The van der Waals surface area contributed by atoms with E-state index in [2.05, 4.69) is 5.32 Å². The van der Waals surface area contributed by atoms with Gasteiger partial charge in [0.05, 0.1) is 45.3 Å². The predicted octanol–water partition coefficient (Wildman–Crippen LogP) is 0.528. The smallest absolute Gasteiger partial charge is 0.247 e. The van der Waals surface area contributed by atoms with Crippen molar-refractivity contribution in [3.05, 3.63) is 70.8 Å². The van der Waals surface area contributed by atoms with Gasteiger partial charge in [-0.05, 0) is 29.3 Å². The highest BCUT2D eigenvalue weighted by atomic mass is 16.5. The van der Waals surface area contributed by atoms with Gasteiger partial charge in [0.1, 0.15) is 12.2 Å². The van der Waals surface area contributed by atoms with Crippen LogP contribution in [0.1, 0.15) is 22.6 Å². The van der Waals surface area contributed by atoms with Crippen molar-refractivity contribution in [1.82, 2.24) is 10.2 Å². The summed E-state index contributed by atoms with van der Waals surface area (Å²) in [5.41, 5.74) is 2.28. The first-order chi connectivity index (χ1) is 18.4. The maximum Gasteiger partial charge on any atom is 0.247 e. The summed E-state index contributed by atoms with van der Waals surface area (Å²) in [5.74, 6) is -0.616. The van der Waals surface area contributed by atoms with Crippen molar-refractivity contribution in [3.8, 4) is 11.5 Å². The van der Waals surface area contributed by atoms with Gasteiger partial charge in [0.25, 0.3) is 0 Å². The number of nitrogens with zero attached hydrogens (tertiary/aromatic N) is 1. The third kappa shape index (κ3) is 5.53. The zero-order valence-electron chi connectivity index (χ0n) is 21.5. The number of hydrogen-bond acceptors (Lipinski definition) is 8. The van der Waals surface area contributed by atoms with Gasteiger partial charge in [-0.1, -0.05) is 30.3 Å². The molecule has 0 radical (unpaired) electrons. The Bertz CT molecular complexity index is 1170. The van der Waals surface area contributed by atoms with Crippen molar-refractivity contribution >= 4 is 11.8 Å². The van der Waals surface area contributed by atoms with Crippen LogP contribution < -0.4 is 14.8 Å². The molecule has 2 amide bonds. The van der Waals surface area contributed by atoms with Crippen molar-refractivity contribution in [2.75, 3.05) is 40.5 Å². The third-order valence-corrected chi connectivity index (χ3v) is 6.91. The maximum atomic E-state index is 13.5. The lowest BCUT2D eigenvalue weighted by molar-refractivity contribution is -0.137. The fourth-order valence-corrected chi connectivity index (χ4v) is 5.12. The van der Waals surface area contributed by atoms with Crippen LogP contribution in [0, 0.1) is 0 Å². The Morgan fingerprint density at radius 1 is 1.11 bits per heavy atom. The van der Waals surface area contributed by atoms with Crippen molar-refractivity contribution in [2.45, 2.75) is 37.2 Å². The minimum atomic E-state index is -1.18. The summed E-state index contributed by atoms with van der Waals surface area (Å²) in [6.45, 7) is -0.0411. The number of hydrogen-bond donors (Lipinski definition) is 4. The van der Waals surface area contributed by atoms with Crippen molar-refractivity contribution < 1.29 is 39.1 Å². The van der Waals surface area contributed by atoms with Crippen LogP contribution in [0.25, 0.3) is 0 Å². The molecule has 4 atom stereocenters. The molecule has 204 valence electrons. The van der Waals surface area contributed by atoms with Crippen LogP contribution in [0.5, 0.6) is 11.5 Å². The van der Waals surface area contributed by atoms with Crippen LogP contribution in [0.3, 0.4) is 0 Å². The van der Waals surface area contributed by atoms with E-state index < -0.39 is 30.1 Å². The molecule has 0 saturated carbocycles. The molecule has 0 saturated heterocycles. The molecule has 1 aliphatic carbocycles. The number of amides is 2. The molecule has 38 heavy (non-hydrogen) atoms. The lowest BCUT2D eigenvalue weighted by atomic mass is 9.77. The predicted molar refractivity (Wildman–Crippen MR) is 138 cm³/mol. The molecular weight excluding hydrogens is 492 g/mol. The van der Waals surface area contributed by atoms with E-state index in [4.69, 9.17) is 14.2 Å². The summed E-state index contributed by atoms with van der Waals surface area (Å²) in [5, 5.41) is 33.3. The molecule has 1 heterocycles. The normalized spacial score (nSPS) is 21.6. The van der Waals surface area contributed by atoms with E-state index in [1.165, 1.54) is 19.1 Å². The standard InChI is InChI=1S/C28H34N2O8/c1-36-11-9-30(23(33)14-17-6-4-3-5-7-17)21-15-20(28(35)29-8-10-31)24-19-12-18(16-32)13-22(37-2)26(19)38-27(24)25(21)34/h3-7,12-13,15,21,24-25,27,31-32,34H,8-11,14,16H2,1-2H3,(H,29,35). The fraction of sp³-hybridized carbons (Fsp3) is 0.429. The maximum absolute atomic E-state index is 13.5. The molecule has 4 N–H and O–H groups in total. The molecule has 10 nitrogen and oxygen atoms in total. The minimum absolute atomic E-state index is 0.0365. The highest BCUT2D eigenvalue weighted by molar-refractivity contribution is 5.96. The van der Waals surface area contributed by atoms with Gasteiger partial charge in [-0.25, -0.2) is 0 Å². The van der Waals surface area contributed by atoms with Crippen molar-refractivity contribution in [3.63, 3.8) is 0 Å². The highest BCUT2D eigenvalue weighted by Crippen LogP contribution is 2.51. The van der Waals surface area contributed by atoms with Crippen molar-refractivity contribution in [2.24, 2.45) is 0 Å². The SMILES string of the molecule is COCCN(C(=O)Cc1ccccc1)C1C=C(C(=O)NCCO)C2c3cc(CO)cc(OC)c3OC2C1O. The van der Waals surface area contributed by atoms with Gasteiger partial charge in [-0.3, -0.25) is 9.59 Å². The summed E-state index contributed by atoms with van der Waals surface area (Å²) >= 11 is 0. The molecule has 4 rings (SSSR count). The van der Waals surface area contributed by atoms with Gasteiger partial charge < -0.3 is 39.7 Å². The van der Waals surface area contributed by atoms with Gasteiger partial charge in [-0.15, -0.1) is 0 Å². The quantitative estimate of drug-likeness (QED) is 0.333. The van der Waals surface area contributed by atoms with E-state index in [1.807, 2.05) is 30.3 Å². The zero-order chi connectivity index (χ0) is 27.2. The number of fused-ring (bicyclic) bond motifs is 3. The molecule has 0 fully saturated rings. The molecule has 2 aromatic rings. The summed E-state index contributed by atoms with van der Waals surface area (Å²) in [6.07, 6.45) is -0.364. The fourth-order valence-electron chi connectivity index (χ4n) is 5.12. The van der Waals surface area contributed by atoms with Gasteiger partial charge in [0.15, 0.2) is 11.5 Å². The number of methoxy groups -OCH3 is 2. The number of carbonyl (C=O) groups is 2. The number of aliphatic hydroxyl groups excluding tert-OH is 3. The third-order valence-electron chi connectivity index (χ3n) is 6.91. The Kier molecular flexibility index (Phi) is 9.01. The van der Waals surface area contributed by atoms with Crippen LogP contribution in [-0.2, 0) is 27.4 Å². The first kappa shape index (κ1) is 27.6. The van der Waals surface area contributed by atoms with Gasteiger partial charge in [-0.2, -0.15) is 0 Å². The summed E-state index contributed by atoms with van der Waals surface area (Å²) in [6, 6.07) is 11.8. The lowest BCUT2D eigenvalue weighted by Crippen LogP contribution is -2.56. The number of benzene rings is 2. The Morgan fingerprint density at radius 3 is 2.53 bits per heavy atom. The topological polar surface area (TPSA) is 138 Å². The van der Waals surface area contributed by atoms with Crippen molar-refractivity contribution in [1.29, 1.82) is 0 Å². The summed E-state index contributed by atoms with van der Waals surface area (Å²) < 4.78 is 16.9. The molecule has 1 aliphatic heterocycles. The molecule has 2 aliphatic rings. The van der Waals surface area contributed by atoms with Gasteiger partial charge >= 0.3 is 0 Å². The average Bonchev–Trinajstić information content (AvgIpc) is 3.33. The molecular formula is C28H34N2O8. The first-order valence-corrected chi connectivity index (χ1v) is 12.5. The molecule has 0 bridgehead atoms. The number of nitrogens with one attached hydrogen (secondary N) is 1. The van der Waals surface area contributed by atoms with Crippen LogP contribution in [0.15, 0.2) is 54.1 Å². The Labute approximate surface area is 221 Å². The lowest BCUT2D eigenvalue weighted by Gasteiger charge is -2.40. The van der Waals surface area contributed by atoms with Crippen LogP contribution in [-0.4, -0.2) is 90.8 Å². The second kappa shape index (κ2) is 12.4. The van der Waals surface area contributed by atoms with E-state index in [1.54, 1.807) is 18.2 Å². The van der Waals surface area contributed by atoms with Crippen LogP contribution in [0.2, 0.25) is 0 Å². The minimum Gasteiger partial charge on any atom is -0.493 e. The number of aliphatic hydroxyl groups is 3. The second-order valence-electron chi connectivity index (χ2n) is 9.26. The number of rotatable bonds is 11. The molecule has 0 spiro atoms. The van der Waals surface area contributed by atoms with E-state index in [0.29, 0.717) is 28.2 Å².